The van der Waals surface area contributed by atoms with Crippen LogP contribution in [0.4, 0.5) is 5.82 Å². The van der Waals surface area contributed by atoms with Crippen molar-refractivity contribution >= 4 is 11.7 Å². The zero-order valence-electron chi connectivity index (χ0n) is 14.4. The summed E-state index contributed by atoms with van der Waals surface area (Å²) in [4.78, 5) is 23.5. The second-order valence-electron chi connectivity index (χ2n) is 6.21. The fraction of sp³-hybridized carbons (Fsp3) is 0.333. The number of rotatable bonds is 5. The Morgan fingerprint density at radius 1 is 1.23 bits per heavy atom. The molecular weight excluding hydrogens is 334 g/mol. The van der Waals surface area contributed by atoms with Crippen LogP contribution in [0.1, 0.15) is 34.8 Å². The third-order valence-corrected chi connectivity index (χ3v) is 4.23. The van der Waals surface area contributed by atoms with Crippen LogP contribution < -0.4 is 10.2 Å². The van der Waals surface area contributed by atoms with Gasteiger partial charge in [0.25, 0.3) is 5.91 Å². The normalized spacial score (nSPS) is 14.0. The molecule has 0 saturated carbocycles. The number of carbonyl (C=O) groups is 1. The van der Waals surface area contributed by atoms with Crippen LogP contribution in [0.3, 0.4) is 0 Å². The van der Waals surface area contributed by atoms with Crippen molar-refractivity contribution in [3.05, 3.63) is 47.7 Å². The van der Waals surface area contributed by atoms with Gasteiger partial charge in [0.15, 0.2) is 11.5 Å². The molecule has 1 saturated heterocycles. The van der Waals surface area contributed by atoms with Gasteiger partial charge in [-0.2, -0.15) is 0 Å². The molecule has 4 rings (SSSR count). The maximum atomic E-state index is 12.3. The lowest BCUT2D eigenvalue weighted by Crippen LogP contribution is -2.25. The van der Waals surface area contributed by atoms with Crippen molar-refractivity contribution in [1.29, 1.82) is 0 Å². The monoisotopic (exact) mass is 353 g/mol. The average Bonchev–Trinajstić information content (AvgIpc) is 3.41. The second-order valence-corrected chi connectivity index (χ2v) is 6.21. The Bertz CT molecular complexity index is 897. The van der Waals surface area contributed by atoms with E-state index in [0.717, 1.165) is 24.6 Å². The summed E-state index contributed by atoms with van der Waals surface area (Å²) in [6, 6.07) is 7.00. The van der Waals surface area contributed by atoms with Crippen molar-refractivity contribution in [3.63, 3.8) is 0 Å². The summed E-state index contributed by atoms with van der Waals surface area (Å²) in [7, 11) is 0. The highest BCUT2D eigenvalue weighted by molar-refractivity contribution is 5.92. The molecule has 1 amide bonds. The fourth-order valence-corrected chi connectivity index (χ4v) is 2.97. The Labute approximate surface area is 150 Å². The molecule has 1 N–H and O–H groups in total. The molecule has 8 heteroatoms. The molecule has 1 fully saturated rings. The van der Waals surface area contributed by atoms with Crippen LogP contribution in [0.15, 0.2) is 39.5 Å². The first kappa shape index (κ1) is 16.3. The van der Waals surface area contributed by atoms with Crippen LogP contribution in [0.5, 0.6) is 0 Å². The quantitative estimate of drug-likeness (QED) is 0.753. The lowest BCUT2D eigenvalue weighted by Gasteiger charge is -2.17. The van der Waals surface area contributed by atoms with Crippen LogP contribution in [-0.4, -0.2) is 34.1 Å². The molecule has 26 heavy (non-hydrogen) atoms. The van der Waals surface area contributed by atoms with Gasteiger partial charge in [0.05, 0.1) is 12.8 Å². The van der Waals surface area contributed by atoms with Crippen molar-refractivity contribution < 1.29 is 13.7 Å². The molecular formula is C18H19N5O3. The van der Waals surface area contributed by atoms with E-state index in [1.54, 1.807) is 18.2 Å². The summed E-state index contributed by atoms with van der Waals surface area (Å²) in [5, 5.41) is 6.57. The lowest BCUT2D eigenvalue weighted by atomic mass is 10.3. The largest absolute Gasteiger partial charge is 0.461 e. The van der Waals surface area contributed by atoms with Gasteiger partial charge in [-0.15, -0.1) is 0 Å². The predicted octanol–water partition coefficient (Wildman–Crippen LogP) is 2.56. The molecule has 0 spiro atoms. The van der Waals surface area contributed by atoms with Gasteiger partial charge in [-0.25, -0.2) is 9.97 Å². The van der Waals surface area contributed by atoms with Crippen molar-refractivity contribution in [2.24, 2.45) is 0 Å². The Balaban J connectivity index is 1.43. The van der Waals surface area contributed by atoms with E-state index in [-0.39, 0.29) is 18.1 Å². The summed E-state index contributed by atoms with van der Waals surface area (Å²) in [6.45, 7) is 4.18. The molecule has 0 aromatic carbocycles. The molecule has 0 aliphatic carbocycles. The minimum atomic E-state index is -0.348. The van der Waals surface area contributed by atoms with Gasteiger partial charge in [0.1, 0.15) is 11.6 Å². The van der Waals surface area contributed by atoms with E-state index in [9.17, 15) is 4.79 Å². The molecule has 3 aromatic rings. The zero-order chi connectivity index (χ0) is 17.9. The van der Waals surface area contributed by atoms with Crippen LogP contribution in [-0.2, 0) is 6.54 Å². The molecule has 4 heterocycles. The summed E-state index contributed by atoms with van der Waals surface area (Å²) < 4.78 is 10.4. The standard InChI is InChI=1S/C18H19N5O3/c1-12-9-17(23-6-2-3-7-23)21-16(20-12)11-19-18(24)13-10-15(26-22-13)14-5-4-8-25-14/h4-5,8-10H,2-3,6-7,11H2,1H3,(H,19,24). The van der Waals surface area contributed by atoms with Gasteiger partial charge in [0, 0.05) is 30.9 Å². The number of nitrogens with one attached hydrogen (secondary N) is 1. The topological polar surface area (TPSA) is 97.3 Å². The minimum absolute atomic E-state index is 0.184. The highest BCUT2D eigenvalue weighted by atomic mass is 16.5. The van der Waals surface area contributed by atoms with E-state index in [4.69, 9.17) is 8.94 Å². The van der Waals surface area contributed by atoms with E-state index in [0.29, 0.717) is 17.3 Å². The molecule has 0 bridgehead atoms. The number of aromatic nitrogens is 3. The molecule has 1 aliphatic rings. The third kappa shape index (κ3) is 3.44. The first-order chi connectivity index (χ1) is 12.7. The Morgan fingerprint density at radius 2 is 2.08 bits per heavy atom. The maximum Gasteiger partial charge on any atom is 0.273 e. The zero-order valence-corrected chi connectivity index (χ0v) is 14.4. The van der Waals surface area contributed by atoms with Crippen LogP contribution in [0.25, 0.3) is 11.5 Å². The molecule has 0 atom stereocenters. The van der Waals surface area contributed by atoms with Gasteiger partial charge in [-0.05, 0) is 31.9 Å². The van der Waals surface area contributed by atoms with E-state index >= 15 is 0 Å². The maximum absolute atomic E-state index is 12.3. The number of nitrogens with zero attached hydrogens (tertiary/aromatic N) is 4. The summed E-state index contributed by atoms with van der Waals surface area (Å²) in [5.41, 5.74) is 1.07. The molecule has 3 aromatic heterocycles. The smallest absolute Gasteiger partial charge is 0.273 e. The SMILES string of the molecule is Cc1cc(N2CCCC2)nc(CNC(=O)c2cc(-c3ccco3)on2)n1. The number of anilines is 1. The Hall–Kier alpha value is -3.16. The highest BCUT2D eigenvalue weighted by Crippen LogP contribution is 2.21. The second kappa shape index (κ2) is 6.99. The van der Waals surface area contributed by atoms with Crippen molar-refractivity contribution in [3.8, 4) is 11.5 Å². The first-order valence-electron chi connectivity index (χ1n) is 8.57. The lowest BCUT2D eigenvalue weighted by molar-refractivity contribution is 0.0941. The minimum Gasteiger partial charge on any atom is -0.461 e. The van der Waals surface area contributed by atoms with E-state index in [1.165, 1.54) is 19.1 Å². The van der Waals surface area contributed by atoms with Crippen molar-refractivity contribution in [2.45, 2.75) is 26.3 Å². The molecule has 8 nitrogen and oxygen atoms in total. The van der Waals surface area contributed by atoms with Gasteiger partial charge in [-0.3, -0.25) is 4.79 Å². The van der Waals surface area contributed by atoms with E-state index in [1.807, 2.05) is 13.0 Å². The number of carbonyl (C=O) groups excluding carboxylic acids is 1. The highest BCUT2D eigenvalue weighted by Gasteiger charge is 2.17. The van der Waals surface area contributed by atoms with Gasteiger partial charge in [0.2, 0.25) is 5.76 Å². The van der Waals surface area contributed by atoms with Gasteiger partial charge >= 0.3 is 0 Å². The molecule has 134 valence electrons. The van der Waals surface area contributed by atoms with Crippen LogP contribution in [0.2, 0.25) is 0 Å². The Morgan fingerprint density at radius 3 is 2.85 bits per heavy atom. The number of aryl methyl sites for hydroxylation is 1. The van der Waals surface area contributed by atoms with Crippen molar-refractivity contribution in [2.75, 3.05) is 18.0 Å². The number of hydrogen-bond donors (Lipinski definition) is 1. The van der Waals surface area contributed by atoms with Crippen LogP contribution in [0, 0.1) is 6.92 Å². The van der Waals surface area contributed by atoms with E-state index < -0.39 is 0 Å². The molecule has 1 aliphatic heterocycles. The number of furan rings is 1. The first-order valence-corrected chi connectivity index (χ1v) is 8.57. The molecule has 0 radical (unpaired) electrons. The van der Waals surface area contributed by atoms with E-state index in [2.05, 4.69) is 25.3 Å². The summed E-state index contributed by atoms with van der Waals surface area (Å²) in [5.74, 6) is 2.08. The third-order valence-electron chi connectivity index (χ3n) is 4.23. The number of amides is 1. The summed E-state index contributed by atoms with van der Waals surface area (Å²) in [6.07, 6.45) is 3.89. The average molecular weight is 353 g/mol. The number of hydrogen-bond acceptors (Lipinski definition) is 7. The Kier molecular flexibility index (Phi) is 4.39. The van der Waals surface area contributed by atoms with Gasteiger partial charge < -0.3 is 19.2 Å². The predicted molar refractivity (Wildman–Crippen MR) is 93.6 cm³/mol. The summed E-state index contributed by atoms with van der Waals surface area (Å²) >= 11 is 0. The van der Waals surface area contributed by atoms with Crippen molar-refractivity contribution in [1.82, 2.24) is 20.4 Å². The fourth-order valence-electron chi connectivity index (χ4n) is 2.97. The van der Waals surface area contributed by atoms with Gasteiger partial charge in [-0.1, -0.05) is 5.16 Å². The van der Waals surface area contributed by atoms with Crippen LogP contribution >= 0.6 is 0 Å². The molecule has 0 unspecified atom stereocenters.